The topological polar surface area (TPSA) is 29.5 Å². The third kappa shape index (κ3) is 3.84. The fourth-order valence-corrected chi connectivity index (χ4v) is 4.89. The number of carbonyl (C=O) groups is 1. The van der Waals surface area contributed by atoms with E-state index in [4.69, 9.17) is 4.74 Å². The molecule has 0 unspecified atom stereocenters. The first-order chi connectivity index (χ1) is 13.7. The minimum atomic E-state index is 0.147. The maximum Gasteiger partial charge on any atom is 0.223 e. The Morgan fingerprint density at radius 3 is 2.50 bits per heavy atom. The van der Waals surface area contributed by atoms with Gasteiger partial charge in [0.1, 0.15) is 5.75 Å². The minimum absolute atomic E-state index is 0.147. The van der Waals surface area contributed by atoms with Gasteiger partial charge in [-0.3, -0.25) is 4.79 Å². The highest BCUT2D eigenvalue weighted by Crippen LogP contribution is 2.42. The van der Waals surface area contributed by atoms with E-state index >= 15 is 0 Å². The monoisotopic (exact) mass is 375 g/mol. The number of methoxy groups -OCH3 is 1. The molecule has 0 spiro atoms. The van der Waals surface area contributed by atoms with Crippen LogP contribution in [0, 0.1) is 5.92 Å². The van der Waals surface area contributed by atoms with Gasteiger partial charge in [0.05, 0.1) is 13.2 Å². The molecule has 1 saturated heterocycles. The van der Waals surface area contributed by atoms with Crippen molar-refractivity contribution in [1.82, 2.24) is 4.90 Å². The van der Waals surface area contributed by atoms with E-state index in [2.05, 4.69) is 54.3 Å². The van der Waals surface area contributed by atoms with Gasteiger partial charge in [-0.25, -0.2) is 0 Å². The fraction of sp³-hybridized carbons (Fsp3) is 0.400. The van der Waals surface area contributed by atoms with E-state index in [0.29, 0.717) is 24.3 Å². The number of allylic oxidation sites excluding steroid dienone is 1. The number of nitrogens with zero attached hydrogens (tertiary/aromatic N) is 1. The summed E-state index contributed by atoms with van der Waals surface area (Å²) < 4.78 is 5.25. The van der Waals surface area contributed by atoms with Gasteiger partial charge in [-0.2, -0.15) is 0 Å². The highest BCUT2D eigenvalue weighted by molar-refractivity contribution is 5.78. The number of likely N-dealkylation sites (tertiary alicyclic amines) is 1. The predicted molar refractivity (Wildman–Crippen MR) is 113 cm³/mol. The third-order valence-corrected chi connectivity index (χ3v) is 6.39. The quantitative estimate of drug-likeness (QED) is 0.693. The summed E-state index contributed by atoms with van der Waals surface area (Å²) in [7, 11) is 1.70. The molecule has 1 aliphatic carbocycles. The van der Waals surface area contributed by atoms with Gasteiger partial charge in [0, 0.05) is 12.5 Å². The Morgan fingerprint density at radius 2 is 1.79 bits per heavy atom. The van der Waals surface area contributed by atoms with Crippen LogP contribution in [0.15, 0.2) is 60.2 Å². The van der Waals surface area contributed by atoms with Gasteiger partial charge in [-0.05, 0) is 61.8 Å². The molecular weight excluding hydrogens is 346 g/mol. The molecule has 1 heterocycles. The second-order valence-corrected chi connectivity index (χ2v) is 8.07. The van der Waals surface area contributed by atoms with Crippen LogP contribution in [0.25, 0.3) is 6.08 Å². The van der Waals surface area contributed by atoms with Crippen LogP contribution < -0.4 is 4.74 Å². The molecule has 1 saturated carbocycles. The van der Waals surface area contributed by atoms with Crippen LogP contribution in [0.5, 0.6) is 5.75 Å². The number of benzene rings is 2. The second-order valence-electron chi connectivity index (χ2n) is 8.07. The average molecular weight is 376 g/mol. The SMILES string of the molecule is COc1ccc(/C=C2\CC[C@@H]3[C@@H](CCC(=O)N3[C@H](C)c3ccccc3)C2)cc1. The van der Waals surface area contributed by atoms with E-state index in [1.54, 1.807) is 7.11 Å². The molecule has 1 amide bonds. The smallest absolute Gasteiger partial charge is 0.223 e. The Hall–Kier alpha value is -2.55. The first-order valence-electron chi connectivity index (χ1n) is 10.4. The van der Waals surface area contributed by atoms with E-state index in [9.17, 15) is 4.79 Å². The predicted octanol–water partition coefficient (Wildman–Crippen LogP) is 5.63. The summed E-state index contributed by atoms with van der Waals surface area (Å²) in [6.07, 6.45) is 7.25. The summed E-state index contributed by atoms with van der Waals surface area (Å²) >= 11 is 0. The molecule has 0 bridgehead atoms. The van der Waals surface area contributed by atoms with Gasteiger partial charge in [0.15, 0.2) is 0 Å². The standard InChI is InChI=1S/C25H29NO2/c1-18(21-6-4-3-5-7-21)26-24-14-10-20(17-22(24)11-15-25(26)27)16-19-8-12-23(28-2)13-9-19/h3-9,12-13,16,18,22,24H,10-11,14-15,17H2,1-2H3/b20-16+/t18-,22+,24-/m1/s1. The number of carbonyl (C=O) groups excluding carboxylic acids is 1. The van der Waals surface area contributed by atoms with Crippen molar-refractivity contribution in [2.75, 3.05) is 7.11 Å². The van der Waals surface area contributed by atoms with Crippen molar-refractivity contribution < 1.29 is 9.53 Å². The molecule has 2 fully saturated rings. The molecule has 1 aliphatic heterocycles. The van der Waals surface area contributed by atoms with Gasteiger partial charge in [0.2, 0.25) is 5.91 Å². The highest BCUT2D eigenvalue weighted by atomic mass is 16.5. The number of ether oxygens (including phenoxy) is 1. The van der Waals surface area contributed by atoms with Crippen LogP contribution in [0.2, 0.25) is 0 Å². The summed E-state index contributed by atoms with van der Waals surface area (Å²) in [5.74, 6) is 1.78. The molecule has 2 aliphatic rings. The Kier molecular flexibility index (Phi) is 5.52. The summed E-state index contributed by atoms with van der Waals surface area (Å²) in [6, 6.07) is 19.2. The largest absolute Gasteiger partial charge is 0.497 e. The number of rotatable bonds is 4. The lowest BCUT2D eigenvalue weighted by Crippen LogP contribution is -2.51. The third-order valence-electron chi connectivity index (χ3n) is 6.39. The second kappa shape index (κ2) is 8.22. The summed E-state index contributed by atoms with van der Waals surface area (Å²) in [5.41, 5.74) is 3.97. The van der Waals surface area contributed by atoms with Crippen molar-refractivity contribution in [2.24, 2.45) is 5.92 Å². The normalized spacial score (nSPS) is 24.7. The van der Waals surface area contributed by atoms with Gasteiger partial charge < -0.3 is 9.64 Å². The van der Waals surface area contributed by atoms with Crippen molar-refractivity contribution in [3.05, 3.63) is 71.3 Å². The van der Waals surface area contributed by atoms with Crippen LogP contribution in [-0.2, 0) is 4.79 Å². The van der Waals surface area contributed by atoms with Gasteiger partial charge >= 0.3 is 0 Å². The van der Waals surface area contributed by atoms with E-state index in [0.717, 1.165) is 31.4 Å². The van der Waals surface area contributed by atoms with Gasteiger partial charge in [-0.15, -0.1) is 0 Å². The number of amides is 1. The Morgan fingerprint density at radius 1 is 1.04 bits per heavy atom. The Bertz CT molecular complexity index is 841. The lowest BCUT2D eigenvalue weighted by Gasteiger charge is -2.47. The lowest BCUT2D eigenvalue weighted by atomic mass is 9.74. The average Bonchev–Trinajstić information content (AvgIpc) is 2.74. The molecule has 2 aromatic carbocycles. The molecule has 3 atom stereocenters. The first-order valence-corrected chi connectivity index (χ1v) is 10.4. The first kappa shape index (κ1) is 18.8. The number of fused-ring (bicyclic) bond motifs is 1. The Labute approximate surface area is 168 Å². The molecular formula is C25H29NO2. The number of hydrogen-bond donors (Lipinski definition) is 0. The van der Waals surface area contributed by atoms with Crippen LogP contribution in [-0.4, -0.2) is 24.0 Å². The van der Waals surface area contributed by atoms with E-state index in [1.807, 2.05) is 18.2 Å². The van der Waals surface area contributed by atoms with Gasteiger partial charge in [0.25, 0.3) is 0 Å². The number of hydrogen-bond acceptors (Lipinski definition) is 2. The van der Waals surface area contributed by atoms with Crippen LogP contribution in [0.4, 0.5) is 0 Å². The van der Waals surface area contributed by atoms with Crippen molar-refractivity contribution >= 4 is 12.0 Å². The molecule has 0 N–H and O–H groups in total. The Balaban J connectivity index is 1.50. The molecule has 3 heteroatoms. The van der Waals surface area contributed by atoms with Crippen LogP contribution >= 0.6 is 0 Å². The number of piperidine rings is 1. The van der Waals surface area contributed by atoms with Crippen molar-refractivity contribution in [2.45, 2.75) is 51.1 Å². The van der Waals surface area contributed by atoms with E-state index in [-0.39, 0.29) is 6.04 Å². The molecule has 28 heavy (non-hydrogen) atoms. The minimum Gasteiger partial charge on any atom is -0.497 e. The molecule has 146 valence electrons. The molecule has 0 aromatic heterocycles. The molecule has 2 aromatic rings. The summed E-state index contributed by atoms with van der Waals surface area (Å²) in [5, 5.41) is 0. The fourth-order valence-electron chi connectivity index (χ4n) is 4.89. The zero-order chi connectivity index (χ0) is 19.5. The van der Waals surface area contributed by atoms with Crippen molar-refractivity contribution in [1.29, 1.82) is 0 Å². The van der Waals surface area contributed by atoms with E-state index < -0.39 is 0 Å². The lowest BCUT2D eigenvalue weighted by molar-refractivity contribution is -0.142. The maximum absolute atomic E-state index is 12.8. The van der Waals surface area contributed by atoms with Crippen LogP contribution in [0.3, 0.4) is 0 Å². The zero-order valence-electron chi connectivity index (χ0n) is 16.8. The zero-order valence-corrected chi connectivity index (χ0v) is 16.8. The van der Waals surface area contributed by atoms with Gasteiger partial charge in [-0.1, -0.05) is 54.1 Å². The van der Waals surface area contributed by atoms with Crippen molar-refractivity contribution in [3.8, 4) is 5.75 Å². The molecule has 3 nitrogen and oxygen atoms in total. The maximum atomic E-state index is 12.8. The van der Waals surface area contributed by atoms with Crippen LogP contribution in [0.1, 0.15) is 56.2 Å². The van der Waals surface area contributed by atoms with E-state index in [1.165, 1.54) is 16.7 Å². The summed E-state index contributed by atoms with van der Waals surface area (Å²) in [4.78, 5) is 15.0. The summed E-state index contributed by atoms with van der Waals surface area (Å²) in [6.45, 7) is 2.18. The van der Waals surface area contributed by atoms with Crippen molar-refractivity contribution in [3.63, 3.8) is 0 Å². The molecule has 4 rings (SSSR count). The molecule has 0 radical (unpaired) electrons. The highest BCUT2D eigenvalue weighted by Gasteiger charge is 2.40.